The molecule has 1 aliphatic carbocycles. The number of hydrogen-bond acceptors (Lipinski definition) is 17. The fourth-order valence-electron chi connectivity index (χ4n) is 6.34. The Labute approximate surface area is 423 Å². The van der Waals surface area contributed by atoms with Crippen molar-refractivity contribution < 1.29 is 202 Å². The zero-order chi connectivity index (χ0) is 37.6. The molecule has 23 heteroatoms. The van der Waals surface area contributed by atoms with Gasteiger partial charge < -0.3 is 68.9 Å². The van der Waals surface area contributed by atoms with Crippen molar-refractivity contribution >= 4 is 37.7 Å². The molecule has 293 valence electrons. The Morgan fingerprint density at radius 3 is 1.45 bits per heavy atom. The number of carbonyl (C=O) groups is 5. The Bertz CT molecular complexity index is 1470. The summed E-state index contributed by atoms with van der Waals surface area (Å²) in [7, 11) is -5.15. The van der Waals surface area contributed by atoms with Gasteiger partial charge in [-0.2, -0.15) is 0 Å². The molecule has 2 aromatic carbocycles. The largest absolute Gasteiger partial charge is 3.00 e. The second-order valence-electron chi connectivity index (χ2n) is 12.2. The predicted octanol–water partition coefficient (Wildman–Crippen LogP) is -15.5. The Balaban J connectivity index is -0.00000562. The van der Waals surface area contributed by atoms with E-state index in [4.69, 9.17) is 9.05 Å². The molecule has 18 nitrogen and oxygen atoms in total. The van der Waals surface area contributed by atoms with Crippen LogP contribution in [0.2, 0.25) is 0 Å². The third-order valence-corrected chi connectivity index (χ3v) is 9.60. The van der Waals surface area contributed by atoms with Crippen LogP contribution in [-0.4, -0.2) is 116 Å². The van der Waals surface area contributed by atoms with Crippen molar-refractivity contribution in [2.45, 2.75) is 43.2 Å². The standard InChI is InChI=1S/C33H44N3O14P.Gd.3Na.H2O/c37-28(38)18-34(15-16-35(19-29(39)40)20-30(41)42)17-26(36(21-31(43)44)22-32(45)46)23-49-51(47,48)50-27-11-13-33(14-12-27,24-7-3-1-4-8-24)25-9-5-2-6-10-25;;;;;/h1-10,26-27H,11-23H2,(H,37,38)(H,39,40)(H,41,42)(H,43,44)(H,45,46)(H,47,48);;;;;1H2/q;+3;3*+1;/p-5/t26-;;;;;/m1...../s1. The van der Waals surface area contributed by atoms with E-state index >= 15 is 0 Å². The number of carboxylic acids is 5. The van der Waals surface area contributed by atoms with Crippen LogP contribution in [0.15, 0.2) is 60.7 Å². The van der Waals surface area contributed by atoms with Crippen molar-refractivity contribution in [1.29, 1.82) is 0 Å². The molecular weight excluding hydrogens is 936 g/mol. The van der Waals surface area contributed by atoms with Gasteiger partial charge in [0.2, 0.25) is 0 Å². The number of carboxylic acid groups (broad SMARTS) is 5. The number of carbonyl (C=O) groups excluding carboxylic acids is 5. The molecule has 0 saturated heterocycles. The van der Waals surface area contributed by atoms with Gasteiger partial charge in [0.25, 0.3) is 7.82 Å². The van der Waals surface area contributed by atoms with Crippen LogP contribution in [0, 0.1) is 39.9 Å². The molecule has 2 aromatic rings. The van der Waals surface area contributed by atoms with Crippen LogP contribution in [0.25, 0.3) is 0 Å². The number of phosphoric ester groups is 1. The summed E-state index contributed by atoms with van der Waals surface area (Å²) in [6, 6.07) is 18.1. The van der Waals surface area contributed by atoms with Crippen LogP contribution in [0.1, 0.15) is 36.8 Å². The van der Waals surface area contributed by atoms with Gasteiger partial charge >= 0.3 is 129 Å². The van der Waals surface area contributed by atoms with Gasteiger partial charge in [-0.15, -0.1) is 0 Å². The zero-order valence-corrected chi connectivity index (χ0v) is 40.7. The van der Waals surface area contributed by atoms with E-state index in [9.17, 15) is 59.0 Å². The molecular formula is C33H41GdN3Na3O15P+. The summed E-state index contributed by atoms with van der Waals surface area (Å²) in [5.74, 6) is -8.46. The molecule has 0 aromatic heterocycles. The average Bonchev–Trinajstić information content (AvgIpc) is 3.05. The molecule has 1 unspecified atom stereocenters. The summed E-state index contributed by atoms with van der Waals surface area (Å²) in [6.45, 7) is -6.98. The quantitative estimate of drug-likeness (QED) is 0.0567. The molecule has 2 atom stereocenters. The van der Waals surface area contributed by atoms with Gasteiger partial charge in [-0.1, -0.05) is 60.7 Å². The molecule has 0 aliphatic heterocycles. The van der Waals surface area contributed by atoms with Gasteiger partial charge in [0.15, 0.2) is 0 Å². The fraction of sp³-hybridized carbons (Fsp3) is 0.485. The van der Waals surface area contributed by atoms with Gasteiger partial charge in [0.1, 0.15) is 0 Å². The van der Waals surface area contributed by atoms with E-state index in [1.54, 1.807) is 0 Å². The SMILES string of the molecule is O=C([O-])CN(CCN(CC(=O)[O-])C[C@H](COP(=O)([O-])OC1CCC(c2ccccc2)(c2ccccc2)CC1)N(CC(=O)[O-])CC(=O)[O-])CC(=O)[O-].[Gd+3].[Na+].[Na+].[Na+].[OH3+]. The Morgan fingerprint density at radius 2 is 1.05 bits per heavy atom. The van der Waals surface area contributed by atoms with E-state index in [0.29, 0.717) is 25.7 Å². The summed E-state index contributed by atoms with van der Waals surface area (Å²) in [6.07, 6.45) is 0.910. The third-order valence-electron chi connectivity index (χ3n) is 8.58. The van der Waals surface area contributed by atoms with E-state index in [2.05, 4.69) is 0 Å². The first-order valence-corrected chi connectivity index (χ1v) is 17.5. The number of nitrogens with zero attached hydrogens (tertiary/aromatic N) is 3. The molecule has 3 rings (SSSR count). The van der Waals surface area contributed by atoms with Crippen LogP contribution in [0.3, 0.4) is 0 Å². The van der Waals surface area contributed by atoms with Crippen LogP contribution in [0.5, 0.6) is 0 Å². The molecule has 56 heavy (non-hydrogen) atoms. The molecule has 0 heterocycles. The first kappa shape index (κ1) is 60.4. The molecule has 0 spiro atoms. The first-order chi connectivity index (χ1) is 24.1. The summed E-state index contributed by atoms with van der Waals surface area (Å²) >= 11 is 0. The summed E-state index contributed by atoms with van der Waals surface area (Å²) in [5.41, 5.74) is 1.71. The fourth-order valence-corrected chi connectivity index (χ4v) is 7.33. The summed E-state index contributed by atoms with van der Waals surface area (Å²) in [5, 5.41) is 56.7. The number of phosphoric acid groups is 1. The van der Waals surface area contributed by atoms with Crippen LogP contribution < -0.4 is 119 Å². The average molecular weight is 977 g/mol. The minimum absolute atomic E-state index is 0. The third kappa shape index (κ3) is 21.5. The minimum Gasteiger partial charge on any atom is -0.756 e. The van der Waals surface area contributed by atoms with E-state index in [-0.39, 0.29) is 147 Å². The van der Waals surface area contributed by atoms with Crippen molar-refractivity contribution in [3.63, 3.8) is 0 Å². The number of hydrogen-bond donors (Lipinski definition) is 0. The van der Waals surface area contributed by atoms with Gasteiger partial charge in [-0.25, -0.2) is 0 Å². The smallest absolute Gasteiger partial charge is 0.756 e. The topological polar surface area (TPSA) is 302 Å². The molecule has 1 saturated carbocycles. The maximum absolute atomic E-state index is 13.1. The maximum Gasteiger partial charge on any atom is 3.00 e. The van der Waals surface area contributed by atoms with E-state index in [0.717, 1.165) is 25.8 Å². The minimum atomic E-state index is -5.15. The Hall–Kier alpha value is 0.0647. The molecule has 1 radical (unpaired) electrons. The second-order valence-corrected chi connectivity index (χ2v) is 13.6. The first-order valence-electron chi connectivity index (χ1n) is 16.0. The zero-order valence-electron chi connectivity index (χ0n) is 31.6. The number of rotatable bonds is 23. The van der Waals surface area contributed by atoms with Crippen molar-refractivity contribution in [3.05, 3.63) is 71.8 Å². The van der Waals surface area contributed by atoms with Gasteiger partial charge in [0.05, 0.1) is 42.6 Å². The van der Waals surface area contributed by atoms with Crippen LogP contribution in [0.4, 0.5) is 0 Å². The summed E-state index contributed by atoms with van der Waals surface area (Å²) in [4.78, 5) is 72.4. The second kappa shape index (κ2) is 30.1. The Morgan fingerprint density at radius 1 is 0.679 bits per heavy atom. The van der Waals surface area contributed by atoms with Crippen molar-refractivity contribution in [2.24, 2.45) is 0 Å². The van der Waals surface area contributed by atoms with E-state index in [1.807, 2.05) is 60.7 Å². The van der Waals surface area contributed by atoms with Gasteiger partial charge in [-0.3, -0.25) is 19.3 Å². The van der Waals surface area contributed by atoms with Crippen molar-refractivity contribution in [1.82, 2.24) is 14.7 Å². The van der Waals surface area contributed by atoms with Crippen LogP contribution in [-0.2, 0) is 48.5 Å². The van der Waals surface area contributed by atoms with Crippen LogP contribution >= 0.6 is 7.82 Å². The van der Waals surface area contributed by atoms with Crippen molar-refractivity contribution in [3.8, 4) is 0 Å². The van der Waals surface area contributed by atoms with E-state index < -0.39 is 101 Å². The van der Waals surface area contributed by atoms with Gasteiger partial charge in [-0.05, 0) is 36.8 Å². The number of benzene rings is 2. The summed E-state index contributed by atoms with van der Waals surface area (Å²) < 4.78 is 23.7. The van der Waals surface area contributed by atoms with Crippen molar-refractivity contribution in [2.75, 3.05) is 59.0 Å². The van der Waals surface area contributed by atoms with Gasteiger partial charge in [0, 0.05) is 63.8 Å². The molecule has 3 N–H and O–H groups in total. The molecule has 1 aliphatic rings. The maximum atomic E-state index is 13.1. The molecule has 0 amide bonds. The molecule has 1 fully saturated rings. The monoisotopic (exact) mass is 977 g/mol. The normalized spacial score (nSPS) is 15.0. The van der Waals surface area contributed by atoms with E-state index in [1.165, 1.54) is 0 Å². The Kier molecular flexibility index (Phi) is 32.5. The molecule has 0 bridgehead atoms. The predicted molar refractivity (Wildman–Crippen MR) is 169 cm³/mol. The number of aliphatic carboxylic acids is 5.